The first-order chi connectivity index (χ1) is 5.24. The molecule has 11 heavy (non-hydrogen) atoms. The number of rotatable bonds is 2. The van der Waals surface area contributed by atoms with E-state index in [1.807, 2.05) is 13.8 Å². The highest BCUT2D eigenvalue weighted by Crippen LogP contribution is 2.09. The highest BCUT2D eigenvalue weighted by atomic mass is 16.3. The van der Waals surface area contributed by atoms with Crippen molar-refractivity contribution in [3.8, 4) is 0 Å². The average molecular weight is 152 g/mol. The minimum absolute atomic E-state index is 0.512. The van der Waals surface area contributed by atoms with Gasteiger partial charge in [0.15, 0.2) is 5.82 Å². The van der Waals surface area contributed by atoms with Crippen LogP contribution in [0, 0.1) is 6.92 Å². The van der Waals surface area contributed by atoms with E-state index in [9.17, 15) is 5.11 Å². The van der Waals surface area contributed by atoms with Crippen molar-refractivity contribution < 1.29 is 5.11 Å². The van der Waals surface area contributed by atoms with E-state index >= 15 is 0 Å². The Morgan fingerprint density at radius 1 is 1.45 bits per heavy atom. The van der Waals surface area contributed by atoms with Crippen molar-refractivity contribution in [2.24, 2.45) is 0 Å². The number of aryl methyl sites for hydroxylation is 1. The summed E-state index contributed by atoms with van der Waals surface area (Å²) in [6.07, 6.45) is 3.56. The van der Waals surface area contributed by atoms with Gasteiger partial charge >= 0.3 is 0 Å². The first kappa shape index (κ1) is 8.14. The van der Waals surface area contributed by atoms with Crippen LogP contribution in [0.5, 0.6) is 0 Å². The summed E-state index contributed by atoms with van der Waals surface area (Å²) in [6.45, 7) is 3.82. The minimum atomic E-state index is -0.518. The van der Waals surface area contributed by atoms with Gasteiger partial charge in [-0.15, -0.1) is 0 Å². The van der Waals surface area contributed by atoms with Gasteiger partial charge < -0.3 is 5.11 Å². The zero-order valence-corrected chi connectivity index (χ0v) is 6.78. The maximum absolute atomic E-state index is 9.30. The van der Waals surface area contributed by atoms with Crippen LogP contribution in [0.4, 0.5) is 0 Å². The molecule has 3 nitrogen and oxygen atoms in total. The van der Waals surface area contributed by atoms with Gasteiger partial charge in [0.1, 0.15) is 6.10 Å². The van der Waals surface area contributed by atoms with Crippen molar-refractivity contribution in [2.75, 3.05) is 0 Å². The lowest BCUT2D eigenvalue weighted by atomic mass is 10.2. The molecule has 0 bridgehead atoms. The van der Waals surface area contributed by atoms with Crippen molar-refractivity contribution in [3.05, 3.63) is 23.8 Å². The second kappa shape index (κ2) is 3.44. The topological polar surface area (TPSA) is 46.0 Å². The van der Waals surface area contributed by atoms with Crippen LogP contribution in [0.15, 0.2) is 12.4 Å². The van der Waals surface area contributed by atoms with Gasteiger partial charge in [0.05, 0.1) is 0 Å². The second-order valence-electron chi connectivity index (χ2n) is 2.54. The third kappa shape index (κ3) is 1.98. The van der Waals surface area contributed by atoms with E-state index in [2.05, 4.69) is 9.97 Å². The van der Waals surface area contributed by atoms with Crippen LogP contribution < -0.4 is 0 Å². The quantitative estimate of drug-likeness (QED) is 0.693. The summed E-state index contributed by atoms with van der Waals surface area (Å²) in [4.78, 5) is 7.98. The van der Waals surface area contributed by atoms with Crippen LogP contribution in [0.1, 0.15) is 30.8 Å². The van der Waals surface area contributed by atoms with Crippen molar-refractivity contribution in [2.45, 2.75) is 26.4 Å². The first-order valence-electron chi connectivity index (χ1n) is 3.70. The van der Waals surface area contributed by atoms with Crippen LogP contribution in [0.2, 0.25) is 0 Å². The molecule has 0 spiro atoms. The number of aliphatic hydroxyl groups excluding tert-OH is 1. The molecule has 1 unspecified atom stereocenters. The van der Waals surface area contributed by atoms with Gasteiger partial charge in [-0.3, -0.25) is 0 Å². The Morgan fingerprint density at radius 3 is 2.45 bits per heavy atom. The summed E-state index contributed by atoms with van der Waals surface area (Å²) in [5.74, 6) is 0.512. The fourth-order valence-corrected chi connectivity index (χ4v) is 0.757. The van der Waals surface area contributed by atoms with Crippen molar-refractivity contribution in [3.63, 3.8) is 0 Å². The Kier molecular flexibility index (Phi) is 2.54. The number of hydrogen-bond acceptors (Lipinski definition) is 3. The van der Waals surface area contributed by atoms with Crippen LogP contribution in [0.3, 0.4) is 0 Å². The van der Waals surface area contributed by atoms with Crippen molar-refractivity contribution in [1.82, 2.24) is 9.97 Å². The molecule has 0 aliphatic heterocycles. The van der Waals surface area contributed by atoms with E-state index in [1.165, 1.54) is 0 Å². The Morgan fingerprint density at radius 2 is 2.00 bits per heavy atom. The van der Waals surface area contributed by atoms with Gasteiger partial charge in [0.2, 0.25) is 0 Å². The van der Waals surface area contributed by atoms with Gasteiger partial charge in [-0.2, -0.15) is 0 Å². The van der Waals surface area contributed by atoms with E-state index in [0.29, 0.717) is 12.2 Å². The van der Waals surface area contributed by atoms with Gasteiger partial charge in [-0.05, 0) is 18.9 Å². The second-order valence-corrected chi connectivity index (χ2v) is 2.54. The molecule has 1 heterocycles. The third-order valence-corrected chi connectivity index (χ3v) is 1.49. The van der Waals surface area contributed by atoms with Crippen molar-refractivity contribution >= 4 is 0 Å². The molecular formula is C8H12N2O. The van der Waals surface area contributed by atoms with E-state index in [4.69, 9.17) is 0 Å². The highest BCUT2D eigenvalue weighted by Gasteiger charge is 2.05. The number of nitrogens with zero attached hydrogens (tertiary/aromatic N) is 2. The molecule has 3 heteroatoms. The van der Waals surface area contributed by atoms with E-state index in [0.717, 1.165) is 5.56 Å². The smallest absolute Gasteiger partial charge is 0.156 e. The lowest BCUT2D eigenvalue weighted by molar-refractivity contribution is 0.163. The normalized spacial score (nSPS) is 13.0. The first-order valence-corrected chi connectivity index (χ1v) is 3.70. The summed E-state index contributed by atoms with van der Waals surface area (Å²) >= 11 is 0. The number of aliphatic hydroxyl groups is 1. The maximum atomic E-state index is 9.30. The molecule has 0 radical (unpaired) electrons. The molecule has 1 atom stereocenters. The highest BCUT2D eigenvalue weighted by molar-refractivity contribution is 5.03. The molecule has 0 fully saturated rings. The maximum Gasteiger partial charge on any atom is 0.156 e. The molecule has 0 aromatic carbocycles. The van der Waals surface area contributed by atoms with Crippen LogP contribution in [-0.4, -0.2) is 15.1 Å². The predicted molar refractivity (Wildman–Crippen MR) is 42.0 cm³/mol. The number of aromatic nitrogens is 2. The summed E-state index contributed by atoms with van der Waals surface area (Å²) in [7, 11) is 0. The zero-order chi connectivity index (χ0) is 8.27. The van der Waals surface area contributed by atoms with Crippen LogP contribution >= 0.6 is 0 Å². The van der Waals surface area contributed by atoms with Gasteiger partial charge in [-0.25, -0.2) is 9.97 Å². The minimum Gasteiger partial charge on any atom is -0.385 e. The zero-order valence-electron chi connectivity index (χ0n) is 6.78. The molecule has 0 amide bonds. The lowest BCUT2D eigenvalue weighted by Crippen LogP contribution is -2.01. The summed E-state index contributed by atoms with van der Waals surface area (Å²) < 4.78 is 0. The van der Waals surface area contributed by atoms with Crippen LogP contribution in [0.25, 0.3) is 0 Å². The van der Waals surface area contributed by atoms with Gasteiger partial charge in [0.25, 0.3) is 0 Å². The molecule has 0 aliphatic carbocycles. The molecule has 0 aliphatic rings. The van der Waals surface area contributed by atoms with Gasteiger partial charge in [-0.1, -0.05) is 6.92 Å². The van der Waals surface area contributed by atoms with E-state index in [1.54, 1.807) is 12.4 Å². The fourth-order valence-electron chi connectivity index (χ4n) is 0.757. The molecule has 1 N–H and O–H groups in total. The molecule has 1 aromatic rings. The van der Waals surface area contributed by atoms with Crippen molar-refractivity contribution in [1.29, 1.82) is 0 Å². The summed E-state index contributed by atoms with van der Waals surface area (Å²) in [5, 5.41) is 9.30. The molecule has 1 aromatic heterocycles. The monoisotopic (exact) mass is 152 g/mol. The predicted octanol–water partition coefficient (Wildman–Crippen LogP) is 1.23. The molecular weight excluding hydrogens is 140 g/mol. The Balaban J connectivity index is 2.81. The molecule has 1 rings (SSSR count). The average Bonchev–Trinajstić information content (AvgIpc) is 2.05. The SMILES string of the molecule is CCC(O)c1ncc(C)cn1. The van der Waals surface area contributed by atoms with E-state index in [-0.39, 0.29) is 0 Å². The molecule has 0 saturated carbocycles. The van der Waals surface area contributed by atoms with Gasteiger partial charge in [0, 0.05) is 12.4 Å². The number of hydrogen-bond donors (Lipinski definition) is 1. The lowest BCUT2D eigenvalue weighted by Gasteiger charge is -2.04. The Bertz CT molecular complexity index is 220. The molecule has 60 valence electrons. The summed E-state index contributed by atoms with van der Waals surface area (Å²) in [5.41, 5.74) is 1.01. The standard InChI is InChI=1S/C8H12N2O/c1-3-7(11)8-9-4-6(2)5-10-8/h4-5,7,11H,3H2,1-2H3. The molecule has 0 saturated heterocycles. The summed E-state index contributed by atoms with van der Waals surface area (Å²) in [6, 6.07) is 0. The Hall–Kier alpha value is -0.960. The van der Waals surface area contributed by atoms with Crippen LogP contribution in [-0.2, 0) is 0 Å². The van der Waals surface area contributed by atoms with E-state index < -0.39 is 6.10 Å². The largest absolute Gasteiger partial charge is 0.385 e. The Labute approximate surface area is 66.1 Å². The fraction of sp³-hybridized carbons (Fsp3) is 0.500. The third-order valence-electron chi connectivity index (χ3n) is 1.49.